The molecule has 0 bridgehead atoms. The van der Waals surface area contributed by atoms with E-state index in [2.05, 4.69) is 46.7 Å². The lowest BCUT2D eigenvalue weighted by Gasteiger charge is -2.12. The highest BCUT2D eigenvalue weighted by Crippen LogP contribution is 2.21. The maximum absolute atomic E-state index is 10.2. The Morgan fingerprint density at radius 3 is 2.58 bits per heavy atom. The van der Waals surface area contributed by atoms with Gasteiger partial charge in [-0.15, -0.1) is 0 Å². The van der Waals surface area contributed by atoms with Crippen LogP contribution >= 0.6 is 0 Å². The molecule has 24 heavy (non-hydrogen) atoms. The van der Waals surface area contributed by atoms with Crippen LogP contribution in [0.4, 0.5) is 0 Å². The number of rotatable bonds is 7. The molecule has 0 fully saturated rings. The van der Waals surface area contributed by atoms with Crippen molar-refractivity contribution in [3.8, 4) is 11.3 Å². The lowest BCUT2D eigenvalue weighted by atomic mass is 10.1. The summed E-state index contributed by atoms with van der Waals surface area (Å²) in [4.78, 5) is 0. The van der Waals surface area contributed by atoms with Crippen molar-refractivity contribution in [3.05, 3.63) is 77.5 Å². The molecule has 4 nitrogen and oxygen atoms in total. The number of H-pyrrole nitrogens is 1. The van der Waals surface area contributed by atoms with Crippen LogP contribution in [0.25, 0.3) is 11.3 Å². The van der Waals surface area contributed by atoms with Crippen molar-refractivity contribution in [3.63, 3.8) is 0 Å². The molecule has 3 N–H and O–H groups in total. The lowest BCUT2D eigenvalue weighted by Crippen LogP contribution is -2.28. The lowest BCUT2D eigenvalue weighted by molar-refractivity contribution is 0.171. The van der Waals surface area contributed by atoms with Crippen LogP contribution in [0.3, 0.4) is 0 Å². The normalized spacial score (nSPS) is 12.2. The SMILES string of the molecule is Cc1ccc(-c2[nH]ncc2CNCC(O)Cc2ccccc2)cc1. The van der Waals surface area contributed by atoms with Crippen LogP contribution in [0, 0.1) is 6.92 Å². The van der Waals surface area contributed by atoms with Crippen LogP contribution in [-0.4, -0.2) is 28.0 Å². The molecule has 4 heteroatoms. The molecular weight excluding hydrogens is 298 g/mol. The van der Waals surface area contributed by atoms with Crippen molar-refractivity contribution < 1.29 is 5.11 Å². The van der Waals surface area contributed by atoms with Gasteiger partial charge < -0.3 is 10.4 Å². The van der Waals surface area contributed by atoms with Crippen molar-refractivity contribution in [2.24, 2.45) is 0 Å². The van der Waals surface area contributed by atoms with Crippen molar-refractivity contribution in [1.29, 1.82) is 0 Å². The molecule has 0 spiro atoms. The Morgan fingerprint density at radius 2 is 1.83 bits per heavy atom. The van der Waals surface area contributed by atoms with Gasteiger partial charge >= 0.3 is 0 Å². The van der Waals surface area contributed by atoms with Gasteiger partial charge in [0.15, 0.2) is 0 Å². The summed E-state index contributed by atoms with van der Waals surface area (Å²) in [5.41, 5.74) is 5.64. The summed E-state index contributed by atoms with van der Waals surface area (Å²) in [5, 5.41) is 20.7. The highest BCUT2D eigenvalue weighted by molar-refractivity contribution is 5.62. The second kappa shape index (κ2) is 7.90. The monoisotopic (exact) mass is 321 g/mol. The number of nitrogens with one attached hydrogen (secondary N) is 2. The van der Waals surface area contributed by atoms with E-state index in [1.165, 1.54) is 5.56 Å². The smallest absolute Gasteiger partial charge is 0.0704 e. The first kappa shape index (κ1) is 16.4. The van der Waals surface area contributed by atoms with E-state index in [0.29, 0.717) is 19.5 Å². The predicted octanol–water partition coefficient (Wildman–Crippen LogP) is 3.08. The number of aromatic amines is 1. The zero-order valence-electron chi connectivity index (χ0n) is 13.9. The van der Waals surface area contributed by atoms with E-state index >= 15 is 0 Å². The van der Waals surface area contributed by atoms with Crippen LogP contribution < -0.4 is 5.32 Å². The van der Waals surface area contributed by atoms with Crippen molar-refractivity contribution in [2.75, 3.05) is 6.54 Å². The first-order chi connectivity index (χ1) is 11.7. The quantitative estimate of drug-likeness (QED) is 0.627. The van der Waals surface area contributed by atoms with E-state index in [0.717, 1.165) is 22.4 Å². The molecule has 0 amide bonds. The highest BCUT2D eigenvalue weighted by Gasteiger charge is 2.09. The first-order valence-corrected chi connectivity index (χ1v) is 8.24. The Morgan fingerprint density at radius 1 is 1.08 bits per heavy atom. The topological polar surface area (TPSA) is 60.9 Å². The molecule has 0 aliphatic heterocycles. The van der Waals surface area contributed by atoms with Crippen molar-refractivity contribution in [2.45, 2.75) is 26.0 Å². The summed E-state index contributed by atoms with van der Waals surface area (Å²) < 4.78 is 0. The summed E-state index contributed by atoms with van der Waals surface area (Å²) >= 11 is 0. The van der Waals surface area contributed by atoms with Gasteiger partial charge in [0.2, 0.25) is 0 Å². The van der Waals surface area contributed by atoms with Crippen molar-refractivity contribution >= 4 is 0 Å². The third-order valence-corrected chi connectivity index (χ3v) is 4.07. The Bertz CT molecular complexity index is 750. The Labute approximate surface area is 142 Å². The fraction of sp³-hybridized carbons (Fsp3) is 0.250. The van der Waals surface area contributed by atoms with Gasteiger partial charge in [-0.1, -0.05) is 60.2 Å². The van der Waals surface area contributed by atoms with Crippen LogP contribution in [0.15, 0.2) is 60.8 Å². The fourth-order valence-electron chi connectivity index (χ4n) is 2.75. The zero-order valence-corrected chi connectivity index (χ0v) is 13.9. The fourth-order valence-corrected chi connectivity index (χ4v) is 2.75. The average molecular weight is 321 g/mol. The van der Waals surface area contributed by atoms with E-state index < -0.39 is 6.10 Å². The standard InChI is InChI=1S/C20H23N3O/c1-15-7-9-17(10-8-15)20-18(13-22-23-20)12-21-14-19(24)11-16-5-3-2-4-6-16/h2-10,13,19,21,24H,11-12,14H2,1H3,(H,22,23). The molecule has 0 radical (unpaired) electrons. The minimum Gasteiger partial charge on any atom is -0.391 e. The van der Waals surface area contributed by atoms with Crippen LogP contribution in [0.5, 0.6) is 0 Å². The largest absolute Gasteiger partial charge is 0.391 e. The van der Waals surface area contributed by atoms with Crippen LogP contribution in [-0.2, 0) is 13.0 Å². The summed E-state index contributed by atoms with van der Waals surface area (Å²) in [7, 11) is 0. The van der Waals surface area contributed by atoms with Crippen molar-refractivity contribution in [1.82, 2.24) is 15.5 Å². The van der Waals surface area contributed by atoms with Gasteiger partial charge in [0.1, 0.15) is 0 Å². The number of nitrogens with zero attached hydrogens (tertiary/aromatic N) is 1. The van der Waals surface area contributed by atoms with Crippen LogP contribution in [0.1, 0.15) is 16.7 Å². The molecule has 0 aliphatic rings. The number of benzene rings is 2. The molecule has 0 saturated carbocycles. The molecule has 124 valence electrons. The summed E-state index contributed by atoms with van der Waals surface area (Å²) in [6.07, 6.45) is 2.10. The Hall–Kier alpha value is -2.43. The van der Waals surface area contributed by atoms with E-state index in [1.807, 2.05) is 36.5 Å². The maximum Gasteiger partial charge on any atom is 0.0704 e. The number of hydrogen-bond donors (Lipinski definition) is 3. The molecule has 1 unspecified atom stereocenters. The van der Waals surface area contributed by atoms with E-state index in [-0.39, 0.29) is 0 Å². The third kappa shape index (κ3) is 4.31. The Kier molecular flexibility index (Phi) is 5.41. The summed E-state index contributed by atoms with van der Waals surface area (Å²) in [6, 6.07) is 18.4. The molecule has 3 rings (SSSR count). The molecular formula is C20H23N3O. The zero-order chi connectivity index (χ0) is 16.8. The molecule has 1 heterocycles. The number of aliphatic hydroxyl groups is 1. The van der Waals surface area contributed by atoms with Gasteiger partial charge in [-0.3, -0.25) is 5.10 Å². The average Bonchev–Trinajstić information content (AvgIpc) is 3.05. The molecule has 3 aromatic rings. The number of aliphatic hydroxyl groups excluding tert-OH is 1. The summed E-state index contributed by atoms with van der Waals surface area (Å²) in [5.74, 6) is 0. The minimum atomic E-state index is -0.401. The first-order valence-electron chi connectivity index (χ1n) is 8.24. The predicted molar refractivity (Wildman–Crippen MR) is 96.6 cm³/mol. The highest BCUT2D eigenvalue weighted by atomic mass is 16.3. The van der Waals surface area contributed by atoms with Gasteiger partial charge in [0.25, 0.3) is 0 Å². The van der Waals surface area contributed by atoms with Gasteiger partial charge in [0, 0.05) is 18.7 Å². The number of hydrogen-bond acceptors (Lipinski definition) is 3. The Balaban J connectivity index is 1.54. The van der Waals surface area contributed by atoms with Gasteiger partial charge in [-0.2, -0.15) is 5.10 Å². The van der Waals surface area contributed by atoms with Gasteiger partial charge in [-0.25, -0.2) is 0 Å². The molecule has 1 aromatic heterocycles. The van der Waals surface area contributed by atoms with E-state index in [1.54, 1.807) is 0 Å². The maximum atomic E-state index is 10.2. The number of aryl methyl sites for hydroxylation is 1. The molecule has 1 atom stereocenters. The third-order valence-electron chi connectivity index (χ3n) is 4.07. The molecule has 2 aromatic carbocycles. The number of aromatic nitrogens is 2. The minimum absolute atomic E-state index is 0.401. The van der Waals surface area contributed by atoms with E-state index in [9.17, 15) is 5.11 Å². The van der Waals surface area contributed by atoms with Gasteiger partial charge in [0.05, 0.1) is 18.0 Å². The summed E-state index contributed by atoms with van der Waals surface area (Å²) in [6.45, 7) is 3.30. The second-order valence-electron chi connectivity index (χ2n) is 6.11. The van der Waals surface area contributed by atoms with E-state index in [4.69, 9.17) is 0 Å². The van der Waals surface area contributed by atoms with Gasteiger partial charge in [-0.05, 0) is 24.5 Å². The second-order valence-corrected chi connectivity index (χ2v) is 6.11. The molecule has 0 aliphatic carbocycles. The molecule has 0 saturated heterocycles. The van der Waals surface area contributed by atoms with Crippen LogP contribution in [0.2, 0.25) is 0 Å².